The van der Waals surface area contributed by atoms with E-state index < -0.39 is 35.9 Å². The van der Waals surface area contributed by atoms with Crippen molar-refractivity contribution in [3.63, 3.8) is 0 Å². The summed E-state index contributed by atoms with van der Waals surface area (Å²) in [6, 6.07) is 4.28. The number of benzene rings is 1. The molecule has 0 aliphatic carbocycles. The standard InChI is InChI=1S/C23H28F4N4O2.C2H6.C2H4/c1-3-8-31-12-16(19(10-20(31)32)29-18-7-9-30(2)13-17(18)24)23(33)28-11-14-5-4-6-15(21(14)25)22(26)27;2*1-2/h4-6,10,12,17-18,22,29H,3,7-9,11,13H2,1-2H3,(H,28,33);1-2H3;1-2H2. The molecule has 1 fully saturated rings. The van der Waals surface area contributed by atoms with E-state index in [1.54, 1.807) is 0 Å². The lowest BCUT2D eigenvalue weighted by Gasteiger charge is -2.33. The van der Waals surface area contributed by atoms with Crippen LogP contribution in [0.25, 0.3) is 0 Å². The average molecular weight is 527 g/mol. The first kappa shape index (κ1) is 31.9. The number of pyridine rings is 1. The third-order valence-corrected chi connectivity index (χ3v) is 5.70. The molecule has 206 valence electrons. The number of aromatic nitrogens is 1. The third-order valence-electron chi connectivity index (χ3n) is 5.70. The van der Waals surface area contributed by atoms with Crippen LogP contribution in [0.1, 0.15) is 61.5 Å². The molecule has 1 aromatic carbocycles. The Kier molecular flexibility index (Phi) is 13.7. The number of rotatable bonds is 8. The van der Waals surface area contributed by atoms with E-state index >= 15 is 0 Å². The number of hydrogen-bond donors (Lipinski definition) is 2. The summed E-state index contributed by atoms with van der Waals surface area (Å²) < 4.78 is 56.2. The number of likely N-dealkylation sites (tertiary alicyclic amines) is 1. The molecule has 1 saturated heterocycles. The summed E-state index contributed by atoms with van der Waals surface area (Å²) in [6.45, 7) is 12.8. The first-order valence-electron chi connectivity index (χ1n) is 12.4. The van der Waals surface area contributed by atoms with Crippen molar-refractivity contribution >= 4 is 11.6 Å². The van der Waals surface area contributed by atoms with Crippen LogP contribution in [0.15, 0.2) is 48.4 Å². The molecule has 3 rings (SSSR count). The summed E-state index contributed by atoms with van der Waals surface area (Å²) in [6.07, 6.45) is -1.64. The van der Waals surface area contributed by atoms with Crippen LogP contribution in [0.4, 0.5) is 23.2 Å². The fourth-order valence-corrected chi connectivity index (χ4v) is 3.88. The maximum Gasteiger partial charge on any atom is 0.266 e. The molecule has 2 atom stereocenters. The summed E-state index contributed by atoms with van der Waals surface area (Å²) in [5.74, 6) is -1.71. The predicted molar refractivity (Wildman–Crippen MR) is 141 cm³/mol. The Balaban J connectivity index is 0.00000163. The molecule has 2 unspecified atom stereocenters. The molecule has 0 spiro atoms. The zero-order valence-corrected chi connectivity index (χ0v) is 22.0. The number of alkyl halides is 3. The van der Waals surface area contributed by atoms with Gasteiger partial charge in [0.2, 0.25) is 0 Å². The average Bonchev–Trinajstić information content (AvgIpc) is 2.88. The Bertz CT molecular complexity index is 1060. The molecule has 37 heavy (non-hydrogen) atoms. The van der Waals surface area contributed by atoms with Crippen molar-refractivity contribution in [1.82, 2.24) is 14.8 Å². The second-order valence-corrected chi connectivity index (χ2v) is 8.25. The van der Waals surface area contributed by atoms with Crippen LogP contribution in [0.5, 0.6) is 0 Å². The van der Waals surface area contributed by atoms with Gasteiger partial charge in [-0.25, -0.2) is 17.6 Å². The van der Waals surface area contributed by atoms with Crippen LogP contribution in [-0.4, -0.2) is 47.7 Å². The van der Waals surface area contributed by atoms with Crippen molar-refractivity contribution < 1.29 is 22.4 Å². The number of carbonyl (C=O) groups is 1. The smallest absolute Gasteiger partial charge is 0.266 e. The van der Waals surface area contributed by atoms with Gasteiger partial charge in [-0.1, -0.05) is 39.0 Å². The SMILES string of the molecule is C=C.CC.CCCn1cc(C(=O)NCc2cccc(C(F)F)c2F)c(NC2CCN(C)CC2F)cc1=O. The fraction of sp³-hybridized carbons (Fsp3) is 0.481. The van der Waals surface area contributed by atoms with Gasteiger partial charge in [0.05, 0.1) is 22.9 Å². The zero-order valence-electron chi connectivity index (χ0n) is 22.0. The Labute approximate surface area is 216 Å². The molecule has 2 heterocycles. The second kappa shape index (κ2) is 15.9. The van der Waals surface area contributed by atoms with Crippen molar-refractivity contribution in [2.24, 2.45) is 0 Å². The number of aryl methyl sites for hydroxylation is 1. The minimum atomic E-state index is -2.97. The van der Waals surface area contributed by atoms with Gasteiger partial charge in [0.15, 0.2) is 0 Å². The molecule has 1 amide bonds. The van der Waals surface area contributed by atoms with Crippen LogP contribution in [-0.2, 0) is 13.1 Å². The minimum absolute atomic E-state index is 0.0864. The Morgan fingerprint density at radius 3 is 2.51 bits per heavy atom. The molecule has 0 bridgehead atoms. The van der Waals surface area contributed by atoms with Crippen molar-refractivity contribution in [3.05, 3.63) is 76.5 Å². The molecule has 1 aliphatic heterocycles. The highest BCUT2D eigenvalue weighted by Gasteiger charge is 2.29. The van der Waals surface area contributed by atoms with Crippen molar-refractivity contribution in [2.45, 2.75) is 65.3 Å². The van der Waals surface area contributed by atoms with E-state index in [-0.39, 0.29) is 35.5 Å². The van der Waals surface area contributed by atoms with Gasteiger partial charge in [-0.15, -0.1) is 13.2 Å². The molecule has 1 aliphatic rings. The number of nitrogens with zero attached hydrogens (tertiary/aromatic N) is 2. The number of piperidine rings is 1. The highest BCUT2D eigenvalue weighted by Crippen LogP contribution is 2.25. The predicted octanol–water partition coefficient (Wildman–Crippen LogP) is 5.55. The lowest BCUT2D eigenvalue weighted by Crippen LogP contribution is -2.46. The fourth-order valence-electron chi connectivity index (χ4n) is 3.88. The number of hydrogen-bond acceptors (Lipinski definition) is 4. The Hall–Kier alpha value is -3.14. The molecule has 10 heteroatoms. The van der Waals surface area contributed by atoms with Gasteiger partial charge < -0.3 is 20.1 Å². The maximum atomic E-state index is 14.5. The van der Waals surface area contributed by atoms with Gasteiger partial charge in [-0.05, 0) is 19.9 Å². The number of anilines is 1. The number of amides is 1. The van der Waals surface area contributed by atoms with E-state index in [1.807, 2.05) is 32.7 Å². The summed E-state index contributed by atoms with van der Waals surface area (Å²) in [7, 11) is 1.82. The summed E-state index contributed by atoms with van der Waals surface area (Å²) in [4.78, 5) is 27.3. The van der Waals surface area contributed by atoms with Gasteiger partial charge in [0.1, 0.15) is 12.0 Å². The monoisotopic (exact) mass is 526 g/mol. The maximum absolute atomic E-state index is 14.5. The first-order valence-corrected chi connectivity index (χ1v) is 12.4. The van der Waals surface area contributed by atoms with Crippen LogP contribution in [0.2, 0.25) is 0 Å². The lowest BCUT2D eigenvalue weighted by atomic mass is 10.0. The summed E-state index contributed by atoms with van der Waals surface area (Å²) in [5, 5.41) is 5.52. The van der Waals surface area contributed by atoms with E-state index in [9.17, 15) is 27.2 Å². The topological polar surface area (TPSA) is 66.4 Å². The molecular weight excluding hydrogens is 488 g/mol. The van der Waals surface area contributed by atoms with E-state index in [2.05, 4.69) is 23.8 Å². The van der Waals surface area contributed by atoms with Gasteiger partial charge in [-0.3, -0.25) is 9.59 Å². The highest BCUT2D eigenvalue weighted by atomic mass is 19.3. The zero-order chi connectivity index (χ0) is 28.1. The van der Waals surface area contributed by atoms with E-state index in [0.717, 1.165) is 6.07 Å². The molecule has 0 radical (unpaired) electrons. The third kappa shape index (κ3) is 8.73. The normalized spacial score (nSPS) is 17.2. The molecule has 2 aromatic rings. The molecule has 0 saturated carbocycles. The van der Waals surface area contributed by atoms with Crippen LogP contribution in [0, 0.1) is 5.82 Å². The van der Waals surface area contributed by atoms with E-state index in [0.29, 0.717) is 25.9 Å². The summed E-state index contributed by atoms with van der Waals surface area (Å²) in [5.41, 5.74) is -0.882. The number of halogens is 4. The summed E-state index contributed by atoms with van der Waals surface area (Å²) >= 11 is 0. The molecule has 2 N–H and O–H groups in total. The molecule has 6 nitrogen and oxygen atoms in total. The van der Waals surface area contributed by atoms with E-state index in [4.69, 9.17) is 0 Å². The van der Waals surface area contributed by atoms with Gasteiger partial charge in [-0.2, -0.15) is 0 Å². The Morgan fingerprint density at radius 1 is 1.24 bits per heavy atom. The van der Waals surface area contributed by atoms with Gasteiger partial charge >= 0.3 is 0 Å². The number of carbonyl (C=O) groups excluding carboxylic acids is 1. The van der Waals surface area contributed by atoms with Crippen LogP contribution in [0.3, 0.4) is 0 Å². The lowest BCUT2D eigenvalue weighted by molar-refractivity contribution is 0.0950. The minimum Gasteiger partial charge on any atom is -0.378 e. The van der Waals surface area contributed by atoms with Crippen LogP contribution >= 0.6 is 0 Å². The Morgan fingerprint density at radius 2 is 1.92 bits per heavy atom. The van der Waals surface area contributed by atoms with Gasteiger partial charge in [0, 0.05) is 44.0 Å². The number of nitrogens with one attached hydrogen (secondary N) is 2. The van der Waals surface area contributed by atoms with Crippen LogP contribution < -0.4 is 16.2 Å². The van der Waals surface area contributed by atoms with E-state index in [1.165, 1.54) is 29.0 Å². The van der Waals surface area contributed by atoms with Crippen molar-refractivity contribution in [1.29, 1.82) is 0 Å². The highest BCUT2D eigenvalue weighted by molar-refractivity contribution is 5.99. The van der Waals surface area contributed by atoms with Gasteiger partial charge in [0.25, 0.3) is 17.9 Å². The second-order valence-electron chi connectivity index (χ2n) is 8.25. The largest absolute Gasteiger partial charge is 0.378 e. The first-order chi connectivity index (χ1) is 17.7. The molecular formula is C27H38F4N4O2. The molecule has 1 aromatic heterocycles. The van der Waals surface area contributed by atoms with Crippen molar-refractivity contribution in [3.8, 4) is 0 Å². The van der Waals surface area contributed by atoms with Crippen molar-refractivity contribution in [2.75, 3.05) is 25.5 Å². The quantitative estimate of drug-likeness (QED) is 0.350.